The number of benzene rings is 1. The zero-order valence-electron chi connectivity index (χ0n) is 13.7. The zero-order valence-corrected chi connectivity index (χ0v) is 14.5. The van der Waals surface area contributed by atoms with Gasteiger partial charge in [-0.2, -0.15) is 0 Å². The molecule has 0 bridgehead atoms. The molecule has 0 aliphatic heterocycles. The van der Waals surface area contributed by atoms with Crippen molar-refractivity contribution in [2.75, 3.05) is 20.2 Å². The molecule has 1 aromatic rings. The highest BCUT2D eigenvalue weighted by Crippen LogP contribution is 2.22. The summed E-state index contributed by atoms with van der Waals surface area (Å²) in [5.74, 6) is 1.65. The molecule has 21 heavy (non-hydrogen) atoms. The van der Waals surface area contributed by atoms with Crippen LogP contribution >= 0.6 is 12.2 Å². The summed E-state index contributed by atoms with van der Waals surface area (Å²) in [6.07, 6.45) is 2.44. The van der Waals surface area contributed by atoms with Gasteiger partial charge in [-0.15, -0.1) is 0 Å². The molecule has 0 spiro atoms. The molecule has 0 aromatic heterocycles. The molecule has 3 nitrogen and oxygen atoms in total. The van der Waals surface area contributed by atoms with E-state index in [1.807, 2.05) is 12.1 Å². The third kappa shape index (κ3) is 5.29. The van der Waals surface area contributed by atoms with Crippen LogP contribution in [0.5, 0.6) is 5.75 Å². The van der Waals surface area contributed by atoms with Gasteiger partial charge in [0.15, 0.2) is 0 Å². The lowest BCUT2D eigenvalue weighted by Crippen LogP contribution is -2.29. The highest BCUT2D eigenvalue weighted by Gasteiger charge is 2.13. The van der Waals surface area contributed by atoms with E-state index < -0.39 is 0 Å². The molecule has 0 amide bonds. The molecule has 0 saturated heterocycles. The van der Waals surface area contributed by atoms with Crippen LogP contribution in [0.1, 0.15) is 44.7 Å². The van der Waals surface area contributed by atoms with Crippen molar-refractivity contribution in [3.63, 3.8) is 0 Å². The van der Waals surface area contributed by atoms with Crippen molar-refractivity contribution < 1.29 is 4.74 Å². The summed E-state index contributed by atoms with van der Waals surface area (Å²) in [4.78, 5) is 2.89. The highest BCUT2D eigenvalue weighted by molar-refractivity contribution is 7.80. The summed E-state index contributed by atoms with van der Waals surface area (Å²) < 4.78 is 5.47. The molecular weight excluding hydrogens is 280 g/mol. The highest BCUT2D eigenvalue weighted by atomic mass is 32.1. The van der Waals surface area contributed by atoms with Crippen molar-refractivity contribution in [2.45, 2.75) is 40.2 Å². The first-order chi connectivity index (χ1) is 10.0. The number of hydrogen-bond donors (Lipinski definition) is 1. The van der Waals surface area contributed by atoms with E-state index in [4.69, 9.17) is 22.7 Å². The van der Waals surface area contributed by atoms with Gasteiger partial charge in [-0.1, -0.05) is 45.8 Å². The maximum Gasteiger partial charge on any atom is 0.123 e. The van der Waals surface area contributed by atoms with Crippen LogP contribution in [-0.4, -0.2) is 30.1 Å². The molecular formula is C17H28N2OS. The molecule has 2 N–H and O–H groups in total. The molecule has 118 valence electrons. The molecule has 0 saturated carbocycles. The lowest BCUT2D eigenvalue weighted by Gasteiger charge is -2.26. The minimum Gasteiger partial charge on any atom is -0.496 e. The number of methoxy groups -OCH3 is 1. The molecule has 0 radical (unpaired) electrons. The minimum absolute atomic E-state index is 0.432. The van der Waals surface area contributed by atoms with Gasteiger partial charge in [-0.25, -0.2) is 0 Å². The Bertz CT molecular complexity index is 458. The number of hydrogen-bond acceptors (Lipinski definition) is 3. The fourth-order valence-electron chi connectivity index (χ4n) is 2.51. The number of rotatable bonds is 9. The zero-order chi connectivity index (χ0) is 15.8. The van der Waals surface area contributed by atoms with Gasteiger partial charge in [0.1, 0.15) is 10.7 Å². The Hall–Kier alpha value is -1.13. The van der Waals surface area contributed by atoms with Crippen molar-refractivity contribution in [2.24, 2.45) is 11.7 Å². The van der Waals surface area contributed by atoms with E-state index in [0.717, 1.165) is 42.4 Å². The Labute approximate surface area is 134 Å². The van der Waals surface area contributed by atoms with Crippen LogP contribution in [0, 0.1) is 5.92 Å². The first kappa shape index (κ1) is 17.9. The molecule has 0 heterocycles. The van der Waals surface area contributed by atoms with Crippen molar-refractivity contribution in [1.29, 1.82) is 0 Å². The van der Waals surface area contributed by atoms with E-state index in [-0.39, 0.29) is 0 Å². The summed E-state index contributed by atoms with van der Waals surface area (Å²) >= 11 is 5.07. The monoisotopic (exact) mass is 308 g/mol. The van der Waals surface area contributed by atoms with Crippen molar-refractivity contribution in [3.05, 3.63) is 29.3 Å². The second-order valence-electron chi connectivity index (χ2n) is 5.40. The predicted molar refractivity (Wildman–Crippen MR) is 93.9 cm³/mol. The van der Waals surface area contributed by atoms with Gasteiger partial charge in [0.05, 0.1) is 7.11 Å². The molecule has 0 fully saturated rings. The minimum atomic E-state index is 0.432. The largest absolute Gasteiger partial charge is 0.496 e. The SMILES string of the molecule is CCC(CC)CN(CC)Cc1cc(C(N)=S)ccc1OC. The summed E-state index contributed by atoms with van der Waals surface area (Å²) in [6.45, 7) is 9.73. The smallest absolute Gasteiger partial charge is 0.123 e. The summed E-state index contributed by atoms with van der Waals surface area (Å²) in [7, 11) is 1.70. The van der Waals surface area contributed by atoms with Gasteiger partial charge >= 0.3 is 0 Å². The standard InChI is InChI=1S/C17H28N2OS/c1-5-13(6-2)11-19(7-3)12-15-10-14(17(18)21)8-9-16(15)20-4/h8-10,13H,5-7,11-12H2,1-4H3,(H2,18,21). The first-order valence-electron chi connectivity index (χ1n) is 7.74. The molecule has 4 heteroatoms. The van der Waals surface area contributed by atoms with Crippen LogP contribution in [0.15, 0.2) is 18.2 Å². The van der Waals surface area contributed by atoms with Crippen LogP contribution in [0.25, 0.3) is 0 Å². The van der Waals surface area contributed by atoms with Crippen LogP contribution in [0.3, 0.4) is 0 Å². The Morgan fingerprint density at radius 1 is 1.29 bits per heavy atom. The van der Waals surface area contributed by atoms with Crippen LogP contribution in [-0.2, 0) is 6.54 Å². The lowest BCUT2D eigenvalue weighted by molar-refractivity contribution is 0.223. The average Bonchev–Trinajstić information content (AvgIpc) is 2.50. The third-order valence-electron chi connectivity index (χ3n) is 4.08. The second-order valence-corrected chi connectivity index (χ2v) is 5.84. The quantitative estimate of drug-likeness (QED) is 0.708. The van der Waals surface area contributed by atoms with E-state index in [1.54, 1.807) is 7.11 Å². The number of thiocarbonyl (C=S) groups is 1. The fraction of sp³-hybridized carbons (Fsp3) is 0.588. The molecule has 0 unspecified atom stereocenters. The molecule has 1 aromatic carbocycles. The summed E-state index contributed by atoms with van der Waals surface area (Å²) in [5, 5.41) is 0. The van der Waals surface area contributed by atoms with Gasteiger partial charge in [0.25, 0.3) is 0 Å². The third-order valence-corrected chi connectivity index (χ3v) is 4.31. The summed E-state index contributed by atoms with van der Waals surface area (Å²) in [5.41, 5.74) is 7.79. The van der Waals surface area contributed by atoms with E-state index >= 15 is 0 Å². The molecule has 0 aliphatic carbocycles. The molecule has 1 rings (SSSR count). The predicted octanol–water partition coefficient (Wildman–Crippen LogP) is 3.59. The van der Waals surface area contributed by atoms with Gasteiger partial charge < -0.3 is 10.5 Å². The van der Waals surface area contributed by atoms with Crippen molar-refractivity contribution >= 4 is 17.2 Å². The Kier molecular flexibility index (Phi) is 7.68. The van der Waals surface area contributed by atoms with Crippen LogP contribution in [0.4, 0.5) is 0 Å². The maximum absolute atomic E-state index is 5.74. The van der Waals surface area contributed by atoms with Gasteiger partial charge in [0.2, 0.25) is 0 Å². The van der Waals surface area contributed by atoms with Gasteiger partial charge in [0, 0.05) is 24.2 Å². The van der Waals surface area contributed by atoms with Crippen molar-refractivity contribution in [1.82, 2.24) is 4.90 Å². The van der Waals surface area contributed by atoms with E-state index in [0.29, 0.717) is 4.99 Å². The van der Waals surface area contributed by atoms with Gasteiger partial charge in [-0.05, 0) is 30.7 Å². The fourth-order valence-corrected chi connectivity index (χ4v) is 2.64. The van der Waals surface area contributed by atoms with Crippen LogP contribution < -0.4 is 10.5 Å². The number of nitrogens with two attached hydrogens (primary N) is 1. The number of nitrogens with zero attached hydrogens (tertiary/aromatic N) is 1. The Balaban J connectivity index is 2.91. The lowest BCUT2D eigenvalue weighted by atomic mass is 10.0. The van der Waals surface area contributed by atoms with Crippen LogP contribution in [0.2, 0.25) is 0 Å². The van der Waals surface area contributed by atoms with E-state index in [9.17, 15) is 0 Å². The van der Waals surface area contributed by atoms with E-state index in [2.05, 4.69) is 31.7 Å². The van der Waals surface area contributed by atoms with Gasteiger partial charge in [-0.3, -0.25) is 4.90 Å². The van der Waals surface area contributed by atoms with Crippen molar-refractivity contribution in [3.8, 4) is 5.75 Å². The van der Waals surface area contributed by atoms with E-state index in [1.165, 1.54) is 12.8 Å². The molecule has 0 atom stereocenters. The molecule has 0 aliphatic rings. The first-order valence-corrected chi connectivity index (χ1v) is 8.15. The number of ether oxygens (including phenoxy) is 1. The normalized spacial score (nSPS) is 11.1. The summed E-state index contributed by atoms with van der Waals surface area (Å²) in [6, 6.07) is 5.92. The Morgan fingerprint density at radius 2 is 1.95 bits per heavy atom. The second kappa shape index (κ2) is 9.00. The topological polar surface area (TPSA) is 38.5 Å². The average molecular weight is 308 g/mol. The maximum atomic E-state index is 5.74. The Morgan fingerprint density at radius 3 is 2.43 bits per heavy atom.